The van der Waals surface area contributed by atoms with Crippen LogP contribution in [0.15, 0.2) is 47.5 Å². The molecule has 0 spiro atoms. The Morgan fingerprint density at radius 2 is 1.84 bits per heavy atom. The third-order valence-corrected chi connectivity index (χ3v) is 9.57. The van der Waals surface area contributed by atoms with E-state index < -0.39 is 55.3 Å². The maximum Gasteiger partial charge on any atom is 0.265 e. The minimum Gasteiger partial charge on any atom is -0.489 e. The summed E-state index contributed by atoms with van der Waals surface area (Å²) in [7, 11) is -4.54. The van der Waals surface area contributed by atoms with Gasteiger partial charge in [-0.05, 0) is 63.1 Å². The molecule has 14 heteroatoms. The van der Waals surface area contributed by atoms with Gasteiger partial charge in [-0.1, -0.05) is 11.6 Å². The Morgan fingerprint density at radius 1 is 1.09 bits per heavy atom. The van der Waals surface area contributed by atoms with Crippen molar-refractivity contribution in [1.82, 2.24) is 14.9 Å². The molecule has 232 valence electrons. The fourth-order valence-electron chi connectivity index (χ4n) is 5.60. The van der Waals surface area contributed by atoms with Gasteiger partial charge < -0.3 is 20.1 Å². The van der Waals surface area contributed by atoms with Crippen LogP contribution in [0.3, 0.4) is 0 Å². The number of aliphatic hydroxyl groups excluding tert-OH is 1. The molecule has 44 heavy (non-hydrogen) atoms. The number of likely N-dealkylation sites (tertiary alicyclic amines) is 1. The lowest BCUT2D eigenvalue weighted by atomic mass is 10.0. The smallest absolute Gasteiger partial charge is 0.265 e. The van der Waals surface area contributed by atoms with Crippen LogP contribution in [-0.2, 0) is 10.0 Å². The third kappa shape index (κ3) is 5.65. The highest BCUT2D eigenvalue weighted by Gasteiger charge is 2.32. The molecule has 4 aromatic rings. The van der Waals surface area contributed by atoms with E-state index in [2.05, 4.69) is 38.8 Å². The minimum atomic E-state index is -4.54. The number of aromatic nitrogens is 2. The van der Waals surface area contributed by atoms with E-state index in [0.29, 0.717) is 12.0 Å². The SMILES string of the molecule is CC(C)N1CCC(Nc2ncc3c(F)c(-c4c(F)ccc(NS(=O)(=O)c5cc(Cl)cc6c5OC[C@H]6O)c4F)ccc3n2)CC1. The molecule has 3 N–H and O–H groups in total. The van der Waals surface area contributed by atoms with E-state index >= 15 is 13.2 Å². The van der Waals surface area contributed by atoms with Gasteiger partial charge in [0.15, 0.2) is 5.82 Å². The van der Waals surface area contributed by atoms with Crippen molar-refractivity contribution in [2.45, 2.75) is 49.8 Å². The molecule has 9 nitrogen and oxygen atoms in total. The molecular formula is C30H29ClF3N5O4S. The molecule has 0 aliphatic carbocycles. The zero-order valence-electron chi connectivity index (χ0n) is 23.7. The molecule has 6 rings (SSSR count). The van der Waals surface area contributed by atoms with E-state index in [1.807, 2.05) is 0 Å². The highest BCUT2D eigenvalue weighted by atomic mass is 35.5. The van der Waals surface area contributed by atoms with Gasteiger partial charge in [-0.2, -0.15) is 0 Å². The number of fused-ring (bicyclic) bond motifs is 2. The summed E-state index contributed by atoms with van der Waals surface area (Å²) >= 11 is 6.06. The number of halogens is 4. The Balaban J connectivity index is 1.29. The number of hydrogen-bond acceptors (Lipinski definition) is 8. The van der Waals surface area contributed by atoms with Gasteiger partial charge in [0.05, 0.1) is 22.2 Å². The molecule has 0 amide bonds. The quantitative estimate of drug-likeness (QED) is 0.228. The Hall–Kier alpha value is -3.65. The average molecular weight is 648 g/mol. The zero-order chi connectivity index (χ0) is 31.3. The Kier molecular flexibility index (Phi) is 8.07. The van der Waals surface area contributed by atoms with E-state index in [4.69, 9.17) is 16.3 Å². The van der Waals surface area contributed by atoms with E-state index in [9.17, 15) is 13.5 Å². The average Bonchev–Trinajstić information content (AvgIpc) is 3.35. The number of ether oxygens (including phenoxy) is 1. The molecule has 0 saturated carbocycles. The normalized spacial score (nSPS) is 17.6. The molecule has 1 aromatic heterocycles. The van der Waals surface area contributed by atoms with Crippen LogP contribution in [0.2, 0.25) is 5.02 Å². The Morgan fingerprint density at radius 3 is 2.57 bits per heavy atom. The van der Waals surface area contributed by atoms with Gasteiger partial charge in [0, 0.05) is 47.5 Å². The molecule has 1 fully saturated rings. The maximum atomic E-state index is 15.8. The van der Waals surface area contributed by atoms with Crippen molar-refractivity contribution in [3.63, 3.8) is 0 Å². The molecule has 0 radical (unpaired) electrons. The molecule has 0 unspecified atom stereocenters. The molecule has 3 heterocycles. The van der Waals surface area contributed by atoms with Crippen molar-refractivity contribution < 1.29 is 31.4 Å². The second-order valence-electron chi connectivity index (χ2n) is 11.1. The first-order valence-electron chi connectivity index (χ1n) is 14.0. The number of hydrogen-bond donors (Lipinski definition) is 3. The number of rotatable bonds is 7. The Labute approximate surface area is 257 Å². The summed E-state index contributed by atoms with van der Waals surface area (Å²) in [6, 6.07) is 7.41. The predicted molar refractivity (Wildman–Crippen MR) is 161 cm³/mol. The number of anilines is 2. The monoisotopic (exact) mass is 647 g/mol. The molecular weight excluding hydrogens is 619 g/mol. The lowest BCUT2D eigenvalue weighted by Crippen LogP contribution is -2.42. The van der Waals surface area contributed by atoms with Gasteiger partial charge in [-0.25, -0.2) is 31.6 Å². The van der Waals surface area contributed by atoms with Crippen LogP contribution in [0, 0.1) is 17.5 Å². The highest BCUT2D eigenvalue weighted by Crippen LogP contribution is 2.41. The van der Waals surface area contributed by atoms with Crippen molar-refractivity contribution in [1.29, 1.82) is 0 Å². The molecule has 3 aromatic carbocycles. The second kappa shape index (κ2) is 11.7. The predicted octanol–water partition coefficient (Wildman–Crippen LogP) is 5.88. The van der Waals surface area contributed by atoms with Gasteiger partial charge in [0.1, 0.15) is 35.0 Å². The topological polar surface area (TPSA) is 117 Å². The van der Waals surface area contributed by atoms with Crippen LogP contribution in [0.1, 0.15) is 38.4 Å². The van der Waals surface area contributed by atoms with E-state index in [1.54, 1.807) is 0 Å². The number of aliphatic hydroxyl groups is 1. The van der Waals surface area contributed by atoms with Gasteiger partial charge >= 0.3 is 0 Å². The molecule has 1 atom stereocenters. The van der Waals surface area contributed by atoms with Crippen molar-refractivity contribution in [3.8, 4) is 16.9 Å². The molecule has 0 bridgehead atoms. The Bertz CT molecular complexity index is 1870. The van der Waals surface area contributed by atoms with Crippen LogP contribution in [0.4, 0.5) is 24.8 Å². The van der Waals surface area contributed by atoms with Crippen LogP contribution in [0.25, 0.3) is 22.0 Å². The van der Waals surface area contributed by atoms with Gasteiger partial charge in [0.25, 0.3) is 10.0 Å². The lowest BCUT2D eigenvalue weighted by molar-refractivity contribution is 0.140. The molecule has 2 aliphatic heterocycles. The van der Waals surface area contributed by atoms with Crippen LogP contribution in [-0.4, -0.2) is 60.2 Å². The first kappa shape index (κ1) is 30.4. The summed E-state index contributed by atoms with van der Waals surface area (Å²) in [5.41, 5.74) is -1.44. The number of nitrogens with one attached hydrogen (secondary N) is 2. The fourth-order valence-corrected chi connectivity index (χ4v) is 7.15. The number of benzene rings is 3. The van der Waals surface area contributed by atoms with Crippen LogP contribution < -0.4 is 14.8 Å². The van der Waals surface area contributed by atoms with Crippen LogP contribution in [0.5, 0.6) is 5.75 Å². The summed E-state index contributed by atoms with van der Waals surface area (Å²) < 4.78 is 80.5. The summed E-state index contributed by atoms with van der Waals surface area (Å²) in [4.78, 5) is 10.6. The van der Waals surface area contributed by atoms with Crippen molar-refractivity contribution >= 4 is 44.2 Å². The fraction of sp³-hybridized carbons (Fsp3) is 0.333. The number of piperidine rings is 1. The van der Waals surface area contributed by atoms with Gasteiger partial charge in [-0.3, -0.25) is 4.72 Å². The van der Waals surface area contributed by atoms with E-state index in [1.165, 1.54) is 24.4 Å². The summed E-state index contributed by atoms with van der Waals surface area (Å²) in [6.07, 6.45) is 1.96. The van der Waals surface area contributed by atoms with E-state index in [0.717, 1.165) is 44.1 Å². The lowest BCUT2D eigenvalue weighted by Gasteiger charge is -2.34. The minimum absolute atomic E-state index is 0.00395. The largest absolute Gasteiger partial charge is 0.489 e. The van der Waals surface area contributed by atoms with Crippen molar-refractivity contribution in [2.24, 2.45) is 0 Å². The standard InChI is InChI=1S/C30H29ClF3N5O4S/c1-15(2)39-9-7-17(8-10-39)36-30-35-13-20-22(37-30)5-3-18(27(20)33)26-21(32)4-6-23(28(26)34)38-44(41,42)25-12-16(31)11-19-24(40)14-43-29(19)25/h3-6,11-13,15,17,24,38,40H,7-10,14H2,1-2H3,(H,35,36,37)/t24-/m1/s1. The highest BCUT2D eigenvalue weighted by molar-refractivity contribution is 7.92. The summed E-state index contributed by atoms with van der Waals surface area (Å²) in [5.74, 6) is -3.21. The first-order chi connectivity index (χ1) is 20.9. The van der Waals surface area contributed by atoms with Crippen molar-refractivity contribution in [3.05, 3.63) is 70.6 Å². The first-order valence-corrected chi connectivity index (χ1v) is 15.9. The molecule has 1 saturated heterocycles. The van der Waals surface area contributed by atoms with Gasteiger partial charge in [0.2, 0.25) is 5.95 Å². The zero-order valence-corrected chi connectivity index (χ0v) is 25.3. The number of sulfonamides is 1. The van der Waals surface area contributed by atoms with Crippen molar-refractivity contribution in [2.75, 3.05) is 29.7 Å². The van der Waals surface area contributed by atoms with Gasteiger partial charge in [-0.15, -0.1) is 0 Å². The second-order valence-corrected chi connectivity index (χ2v) is 13.2. The number of nitrogens with zero attached hydrogens (tertiary/aromatic N) is 3. The summed E-state index contributed by atoms with van der Waals surface area (Å²) in [6.45, 7) is 6.00. The summed E-state index contributed by atoms with van der Waals surface area (Å²) in [5, 5.41) is 13.3. The molecule has 2 aliphatic rings. The third-order valence-electron chi connectivity index (χ3n) is 7.98. The van der Waals surface area contributed by atoms with E-state index in [-0.39, 0.29) is 39.9 Å². The maximum absolute atomic E-state index is 15.8. The van der Waals surface area contributed by atoms with Crippen LogP contribution >= 0.6 is 11.6 Å².